The molecule has 1 N–H and O–H groups in total. The number of nitrogens with one attached hydrogen (secondary N) is 1. The average Bonchev–Trinajstić information content (AvgIpc) is 3.40. The fourth-order valence-corrected chi connectivity index (χ4v) is 7.81. The molecule has 230 valence electrons. The van der Waals surface area contributed by atoms with Crippen molar-refractivity contribution in [2.45, 2.75) is 66.2 Å². The standard InChI is InChI=1S/C31H50N8O2Si/c1-8-36(9-2)19-20-41-30-33-27-22-38(16-13-24(27)29(34-30)37-17-14-32-15-18-37)28-23(4)11-12-26-25(28)21-39(35-26)31(40-10-3)42(5,6)7/h11-12,21,31-32H,8-10,13-20,22H2,1-7H3/t31-/m0/s1. The zero-order chi connectivity index (χ0) is 29.9. The van der Waals surface area contributed by atoms with Crippen molar-refractivity contribution in [2.75, 3.05) is 75.4 Å². The molecule has 0 radical (unpaired) electrons. The summed E-state index contributed by atoms with van der Waals surface area (Å²) in [5.41, 5.74) is 5.83. The van der Waals surface area contributed by atoms with Crippen molar-refractivity contribution in [2.24, 2.45) is 0 Å². The molecule has 2 aromatic heterocycles. The van der Waals surface area contributed by atoms with Gasteiger partial charge in [-0.1, -0.05) is 39.6 Å². The van der Waals surface area contributed by atoms with Crippen molar-refractivity contribution in [1.29, 1.82) is 0 Å². The molecule has 4 heterocycles. The third-order valence-corrected chi connectivity index (χ3v) is 10.4. The van der Waals surface area contributed by atoms with Gasteiger partial charge in [0.2, 0.25) is 0 Å². The van der Waals surface area contributed by atoms with Crippen molar-refractivity contribution < 1.29 is 9.47 Å². The molecule has 0 saturated carbocycles. The molecule has 1 atom stereocenters. The number of benzene rings is 1. The molecule has 5 rings (SSSR count). The summed E-state index contributed by atoms with van der Waals surface area (Å²) in [7, 11) is -1.66. The lowest BCUT2D eigenvalue weighted by Gasteiger charge is -2.35. The van der Waals surface area contributed by atoms with Crippen LogP contribution in [0.2, 0.25) is 19.6 Å². The van der Waals surface area contributed by atoms with Gasteiger partial charge in [-0.25, -0.2) is 4.68 Å². The molecule has 0 bridgehead atoms. The summed E-state index contributed by atoms with van der Waals surface area (Å²) in [6.45, 7) is 25.3. The van der Waals surface area contributed by atoms with Gasteiger partial charge in [0.25, 0.3) is 0 Å². The number of likely N-dealkylation sites (N-methyl/N-ethyl adjacent to an activating group) is 1. The number of aryl methyl sites for hydroxylation is 1. The first-order valence-electron chi connectivity index (χ1n) is 15.8. The van der Waals surface area contributed by atoms with Crippen LogP contribution in [0.1, 0.15) is 43.4 Å². The SMILES string of the molecule is CCO[C@H](n1cc2c(N3CCc4c(nc(OCCN(CC)CC)nc4N4CCNCC4)C3)c(C)ccc2n1)[Si](C)(C)C. The lowest BCUT2D eigenvalue weighted by Crippen LogP contribution is -2.45. The first kappa shape index (κ1) is 30.7. The largest absolute Gasteiger partial charge is 0.462 e. The predicted octanol–water partition coefficient (Wildman–Crippen LogP) is 4.24. The van der Waals surface area contributed by atoms with Crippen molar-refractivity contribution in [3.63, 3.8) is 0 Å². The minimum Gasteiger partial charge on any atom is -0.462 e. The fraction of sp³-hybridized carbons (Fsp3) is 0.645. The third kappa shape index (κ3) is 6.59. The van der Waals surface area contributed by atoms with Gasteiger partial charge in [0.05, 0.1) is 23.4 Å². The second-order valence-electron chi connectivity index (χ2n) is 12.5. The minimum absolute atomic E-state index is 0.00415. The van der Waals surface area contributed by atoms with E-state index in [0.29, 0.717) is 19.2 Å². The molecule has 0 spiro atoms. The molecule has 3 aromatic rings. The summed E-state index contributed by atoms with van der Waals surface area (Å²) in [5.74, 6) is 1.05. The molecule has 1 saturated heterocycles. The minimum atomic E-state index is -1.66. The number of hydrogen-bond acceptors (Lipinski definition) is 9. The second-order valence-corrected chi connectivity index (χ2v) is 17.7. The van der Waals surface area contributed by atoms with Crippen LogP contribution in [0, 0.1) is 6.92 Å². The van der Waals surface area contributed by atoms with Gasteiger partial charge in [-0.15, -0.1) is 0 Å². The van der Waals surface area contributed by atoms with Gasteiger partial charge in [0, 0.05) is 63.0 Å². The highest BCUT2D eigenvalue weighted by Crippen LogP contribution is 2.37. The highest BCUT2D eigenvalue weighted by molar-refractivity contribution is 6.76. The van der Waals surface area contributed by atoms with Crippen molar-refractivity contribution in [1.82, 2.24) is 30.0 Å². The van der Waals surface area contributed by atoms with Crippen LogP contribution in [0.5, 0.6) is 6.01 Å². The Kier molecular flexibility index (Phi) is 9.71. The number of nitrogens with zero attached hydrogens (tertiary/aromatic N) is 7. The number of hydrogen-bond donors (Lipinski definition) is 1. The summed E-state index contributed by atoms with van der Waals surface area (Å²) in [6, 6.07) is 4.83. The van der Waals surface area contributed by atoms with Gasteiger partial charge in [0.15, 0.2) is 0 Å². The van der Waals surface area contributed by atoms with Crippen LogP contribution in [-0.2, 0) is 17.7 Å². The van der Waals surface area contributed by atoms with Crippen molar-refractivity contribution in [3.05, 3.63) is 35.2 Å². The summed E-state index contributed by atoms with van der Waals surface area (Å²) < 4.78 is 14.5. The normalized spacial score (nSPS) is 16.8. The van der Waals surface area contributed by atoms with Gasteiger partial charge in [0.1, 0.15) is 26.3 Å². The van der Waals surface area contributed by atoms with Crippen LogP contribution in [-0.4, -0.2) is 98.3 Å². The Bertz CT molecular complexity index is 1350. The van der Waals surface area contributed by atoms with E-state index < -0.39 is 8.07 Å². The van der Waals surface area contributed by atoms with E-state index in [4.69, 9.17) is 24.5 Å². The van der Waals surface area contributed by atoms with E-state index in [1.807, 2.05) is 0 Å². The fourth-order valence-electron chi connectivity index (χ4n) is 6.22. The molecule has 1 fully saturated rings. The van der Waals surface area contributed by atoms with E-state index in [0.717, 1.165) is 82.4 Å². The van der Waals surface area contributed by atoms with E-state index in [2.05, 4.69) is 90.4 Å². The van der Waals surface area contributed by atoms with Gasteiger partial charge in [-0.2, -0.15) is 15.1 Å². The van der Waals surface area contributed by atoms with Crippen LogP contribution in [0.3, 0.4) is 0 Å². The zero-order valence-electron chi connectivity index (χ0n) is 26.7. The summed E-state index contributed by atoms with van der Waals surface area (Å²) in [4.78, 5) is 17.3. The Morgan fingerprint density at radius 2 is 1.79 bits per heavy atom. The number of anilines is 2. The van der Waals surface area contributed by atoms with Gasteiger partial charge < -0.3 is 29.5 Å². The van der Waals surface area contributed by atoms with E-state index in [1.165, 1.54) is 22.2 Å². The molecule has 0 amide bonds. The number of rotatable bonds is 12. The quantitative estimate of drug-likeness (QED) is 0.310. The van der Waals surface area contributed by atoms with Crippen molar-refractivity contribution in [3.8, 4) is 6.01 Å². The lowest BCUT2D eigenvalue weighted by molar-refractivity contribution is 0.0555. The van der Waals surface area contributed by atoms with Crippen LogP contribution in [0.15, 0.2) is 18.3 Å². The Labute approximate surface area is 252 Å². The van der Waals surface area contributed by atoms with E-state index in [-0.39, 0.29) is 5.85 Å². The summed E-state index contributed by atoms with van der Waals surface area (Å²) in [6.07, 6.45) is 3.11. The number of piperazine rings is 1. The molecule has 2 aliphatic rings. The maximum absolute atomic E-state index is 6.23. The Morgan fingerprint density at radius 1 is 1.02 bits per heavy atom. The number of aromatic nitrogens is 4. The summed E-state index contributed by atoms with van der Waals surface area (Å²) in [5, 5.41) is 9.68. The molecular weight excluding hydrogens is 544 g/mol. The monoisotopic (exact) mass is 594 g/mol. The van der Waals surface area contributed by atoms with Gasteiger partial charge in [-0.05, 0) is 45.0 Å². The molecule has 0 aliphatic carbocycles. The second kappa shape index (κ2) is 13.3. The highest BCUT2D eigenvalue weighted by Gasteiger charge is 2.32. The Hall–Kier alpha value is -2.73. The Morgan fingerprint density at radius 3 is 2.48 bits per heavy atom. The molecule has 42 heavy (non-hydrogen) atoms. The molecule has 2 aliphatic heterocycles. The van der Waals surface area contributed by atoms with Crippen LogP contribution < -0.4 is 19.9 Å². The third-order valence-electron chi connectivity index (χ3n) is 8.47. The zero-order valence-corrected chi connectivity index (χ0v) is 27.7. The molecule has 0 unspecified atom stereocenters. The maximum atomic E-state index is 6.23. The summed E-state index contributed by atoms with van der Waals surface area (Å²) >= 11 is 0. The number of ether oxygens (including phenoxy) is 2. The van der Waals surface area contributed by atoms with Crippen LogP contribution in [0.25, 0.3) is 10.9 Å². The predicted molar refractivity (Wildman–Crippen MR) is 174 cm³/mol. The van der Waals surface area contributed by atoms with Gasteiger partial charge in [-0.3, -0.25) is 0 Å². The smallest absolute Gasteiger partial charge is 0.318 e. The van der Waals surface area contributed by atoms with Crippen LogP contribution >= 0.6 is 0 Å². The topological polar surface area (TPSA) is 83.8 Å². The number of fused-ring (bicyclic) bond motifs is 2. The van der Waals surface area contributed by atoms with Crippen LogP contribution in [0.4, 0.5) is 11.5 Å². The van der Waals surface area contributed by atoms with E-state index in [1.54, 1.807) is 0 Å². The molecule has 11 heteroatoms. The first-order valence-corrected chi connectivity index (χ1v) is 19.4. The molecule has 1 aromatic carbocycles. The van der Waals surface area contributed by atoms with E-state index >= 15 is 0 Å². The first-order chi connectivity index (χ1) is 20.2. The maximum Gasteiger partial charge on any atom is 0.318 e. The molecule has 10 nitrogen and oxygen atoms in total. The van der Waals surface area contributed by atoms with Crippen molar-refractivity contribution >= 4 is 30.5 Å². The van der Waals surface area contributed by atoms with E-state index in [9.17, 15) is 0 Å². The average molecular weight is 595 g/mol. The lowest BCUT2D eigenvalue weighted by atomic mass is 10.0. The highest BCUT2D eigenvalue weighted by atomic mass is 28.3. The van der Waals surface area contributed by atoms with Gasteiger partial charge >= 0.3 is 6.01 Å². The Balaban J connectivity index is 1.48. The molecular formula is C31H50N8O2Si.